The number of aliphatic carboxylic acids is 1. The van der Waals surface area contributed by atoms with Gasteiger partial charge in [0.1, 0.15) is 5.83 Å². The average molecular weight is 498 g/mol. The predicted octanol–water partition coefficient (Wildman–Crippen LogP) is 4.77. The second-order valence-corrected chi connectivity index (χ2v) is 8.33. The summed E-state index contributed by atoms with van der Waals surface area (Å²) in [5, 5.41) is 8.96. The summed E-state index contributed by atoms with van der Waals surface area (Å²) in [5.41, 5.74) is 1.72. The van der Waals surface area contributed by atoms with Gasteiger partial charge in [-0.25, -0.2) is 9.38 Å². The molecule has 0 saturated carbocycles. The van der Waals surface area contributed by atoms with Gasteiger partial charge in [-0.15, -0.1) is 0 Å². The van der Waals surface area contributed by atoms with Gasteiger partial charge in [-0.2, -0.15) is 5.90 Å². The molecule has 0 aliphatic carbocycles. The molecule has 1 aliphatic rings. The second kappa shape index (κ2) is 16.1. The Hall–Kier alpha value is -3.59. The van der Waals surface area contributed by atoms with Gasteiger partial charge in [0.25, 0.3) is 0 Å². The highest BCUT2D eigenvalue weighted by atomic mass is 19.1. The molecule has 0 saturated heterocycles. The highest BCUT2D eigenvalue weighted by Crippen LogP contribution is 2.15. The van der Waals surface area contributed by atoms with E-state index < -0.39 is 5.97 Å². The molecule has 0 fully saturated rings. The van der Waals surface area contributed by atoms with Gasteiger partial charge < -0.3 is 14.8 Å². The lowest BCUT2D eigenvalue weighted by molar-refractivity contribution is -0.137. The minimum absolute atomic E-state index is 0.111. The number of carboxylic acids is 1. The molecule has 1 aliphatic heterocycles. The first-order valence-electron chi connectivity index (χ1n) is 12.1. The van der Waals surface area contributed by atoms with E-state index in [-0.39, 0.29) is 18.3 Å². The molecular formula is C27H36FN5O3. The topological polar surface area (TPSA) is 113 Å². The van der Waals surface area contributed by atoms with Crippen LogP contribution in [0.3, 0.4) is 0 Å². The molecule has 8 nitrogen and oxygen atoms in total. The summed E-state index contributed by atoms with van der Waals surface area (Å²) < 4.78 is 13.6. The number of carbonyl (C=O) groups is 1. The van der Waals surface area contributed by atoms with E-state index in [1.54, 1.807) is 37.5 Å². The van der Waals surface area contributed by atoms with E-state index in [0.717, 1.165) is 23.4 Å². The number of amidine groups is 1. The van der Waals surface area contributed by atoms with Gasteiger partial charge in [0.15, 0.2) is 0 Å². The summed E-state index contributed by atoms with van der Waals surface area (Å²) in [6.07, 6.45) is 16.9. The lowest BCUT2D eigenvalue weighted by Crippen LogP contribution is -2.39. The van der Waals surface area contributed by atoms with Gasteiger partial charge >= 0.3 is 5.97 Å². The number of halogens is 1. The van der Waals surface area contributed by atoms with Crippen LogP contribution in [0.1, 0.15) is 51.5 Å². The van der Waals surface area contributed by atoms with Crippen LogP contribution < -0.4 is 5.90 Å². The second-order valence-electron chi connectivity index (χ2n) is 8.33. The maximum Gasteiger partial charge on any atom is 0.303 e. The first-order chi connectivity index (χ1) is 17.4. The predicted molar refractivity (Wildman–Crippen MR) is 141 cm³/mol. The third-order valence-electron chi connectivity index (χ3n) is 5.64. The van der Waals surface area contributed by atoms with Crippen LogP contribution in [-0.4, -0.2) is 58.4 Å². The third kappa shape index (κ3) is 10.4. The number of unbranched alkanes of at least 4 members (excludes halogenated alkanes) is 1. The Morgan fingerprint density at radius 3 is 2.83 bits per heavy atom. The van der Waals surface area contributed by atoms with Crippen molar-refractivity contribution in [2.75, 3.05) is 19.6 Å². The van der Waals surface area contributed by atoms with Crippen molar-refractivity contribution in [1.82, 2.24) is 9.88 Å². The first kappa shape index (κ1) is 28.6. The van der Waals surface area contributed by atoms with E-state index in [9.17, 15) is 9.18 Å². The van der Waals surface area contributed by atoms with Crippen LogP contribution in [0.4, 0.5) is 4.39 Å². The molecule has 36 heavy (non-hydrogen) atoms. The number of pyridine rings is 1. The number of aliphatic imine (C=N–C) groups is 2. The van der Waals surface area contributed by atoms with Gasteiger partial charge in [-0.05, 0) is 56.9 Å². The molecular weight excluding hydrogens is 461 g/mol. The van der Waals surface area contributed by atoms with Gasteiger partial charge in [0.05, 0.1) is 18.9 Å². The Labute approximate surface area is 212 Å². The molecule has 1 aromatic rings. The number of nitrogens with zero attached hydrogens (tertiary/aromatic N) is 4. The van der Waals surface area contributed by atoms with Crippen molar-refractivity contribution in [3.05, 3.63) is 77.9 Å². The van der Waals surface area contributed by atoms with Crippen LogP contribution in [0.25, 0.3) is 0 Å². The Morgan fingerprint density at radius 1 is 1.36 bits per heavy atom. The van der Waals surface area contributed by atoms with E-state index in [1.807, 2.05) is 12.2 Å². The molecule has 1 aromatic heterocycles. The van der Waals surface area contributed by atoms with E-state index >= 15 is 0 Å². The van der Waals surface area contributed by atoms with Gasteiger partial charge in [-0.3, -0.25) is 14.8 Å². The molecule has 194 valence electrons. The molecule has 1 atom stereocenters. The summed E-state index contributed by atoms with van der Waals surface area (Å²) in [6, 6.07) is 3.66. The molecule has 0 radical (unpaired) electrons. The number of allylic oxidation sites excluding steroid dienone is 3. The standard InChI is InChI=1S/C27H36FN5O3/c1-3-24(28)10-7-19-33-21(2)8-6-9-22(13-18-31-25(33)11-4-5-12-26(34)35)20-32-27(36-29)23-14-16-30-17-15-23/h3,6-7,9-10,13-17,21H,4-5,8,11-12,18-20,29H2,1-2H3,(H,34,35)/b9-6-,10-7-,22-13+,24-3+,31-25-,32-27-. The Balaban J connectivity index is 2.22. The minimum atomic E-state index is -0.802. The molecule has 0 spiro atoms. The highest BCUT2D eigenvalue weighted by molar-refractivity contribution is 5.93. The van der Waals surface area contributed by atoms with Crippen molar-refractivity contribution < 1.29 is 19.1 Å². The monoisotopic (exact) mass is 497 g/mol. The van der Waals surface area contributed by atoms with Crippen LogP contribution in [0, 0.1) is 0 Å². The van der Waals surface area contributed by atoms with Gasteiger partial charge in [0, 0.05) is 43.4 Å². The molecule has 9 heteroatoms. The highest BCUT2D eigenvalue weighted by Gasteiger charge is 2.17. The number of nitrogens with two attached hydrogens (primary N) is 1. The zero-order chi connectivity index (χ0) is 26.2. The zero-order valence-corrected chi connectivity index (χ0v) is 21.0. The lowest BCUT2D eigenvalue weighted by atomic mass is 10.1. The maximum atomic E-state index is 13.6. The molecule has 2 heterocycles. The van der Waals surface area contributed by atoms with Crippen LogP contribution in [0.2, 0.25) is 0 Å². The number of aromatic nitrogens is 1. The average Bonchev–Trinajstić information content (AvgIpc) is 2.88. The molecule has 0 aromatic carbocycles. The van der Waals surface area contributed by atoms with Gasteiger partial charge in [-0.1, -0.05) is 30.4 Å². The fourth-order valence-electron chi connectivity index (χ4n) is 3.64. The van der Waals surface area contributed by atoms with Gasteiger partial charge in [0.2, 0.25) is 5.90 Å². The third-order valence-corrected chi connectivity index (χ3v) is 5.64. The maximum absolute atomic E-state index is 13.6. The fourth-order valence-corrected chi connectivity index (χ4v) is 3.64. The molecule has 0 bridgehead atoms. The van der Waals surface area contributed by atoms with Crippen LogP contribution >= 0.6 is 0 Å². The van der Waals surface area contributed by atoms with Crippen molar-refractivity contribution >= 4 is 17.7 Å². The summed E-state index contributed by atoms with van der Waals surface area (Å²) in [4.78, 5) is 31.4. The first-order valence-corrected chi connectivity index (χ1v) is 12.1. The summed E-state index contributed by atoms with van der Waals surface area (Å²) in [7, 11) is 0. The van der Waals surface area contributed by atoms with E-state index in [2.05, 4.69) is 27.9 Å². The van der Waals surface area contributed by atoms with Crippen LogP contribution in [0.15, 0.2) is 82.4 Å². The fraction of sp³-hybridized carbons (Fsp3) is 0.407. The van der Waals surface area contributed by atoms with Crippen LogP contribution in [0.5, 0.6) is 0 Å². The molecule has 1 unspecified atom stereocenters. The quantitative estimate of drug-likeness (QED) is 0.150. The number of hydrogen-bond donors (Lipinski definition) is 2. The molecule has 0 amide bonds. The number of hydrogen-bond acceptors (Lipinski definition) is 7. The minimum Gasteiger partial charge on any atom is -0.481 e. The van der Waals surface area contributed by atoms with E-state index in [1.165, 1.54) is 12.2 Å². The summed E-state index contributed by atoms with van der Waals surface area (Å²) in [6.45, 7) is 5.08. The van der Waals surface area contributed by atoms with Crippen molar-refractivity contribution in [2.45, 2.75) is 52.0 Å². The zero-order valence-electron chi connectivity index (χ0n) is 21.0. The summed E-state index contributed by atoms with van der Waals surface area (Å²) in [5.74, 6) is 5.55. The normalized spacial score (nSPS) is 21.4. The van der Waals surface area contributed by atoms with E-state index in [4.69, 9.17) is 20.8 Å². The molecule has 2 rings (SSSR count). The van der Waals surface area contributed by atoms with Crippen LogP contribution in [-0.2, 0) is 9.63 Å². The Kier molecular flexibility index (Phi) is 12.9. The number of rotatable bonds is 11. The van der Waals surface area contributed by atoms with Crippen molar-refractivity contribution in [2.24, 2.45) is 15.9 Å². The smallest absolute Gasteiger partial charge is 0.303 e. The van der Waals surface area contributed by atoms with E-state index in [0.29, 0.717) is 44.8 Å². The summed E-state index contributed by atoms with van der Waals surface area (Å²) >= 11 is 0. The Bertz CT molecular complexity index is 1020. The van der Waals surface area contributed by atoms with Crippen molar-refractivity contribution in [1.29, 1.82) is 0 Å². The molecule has 3 N–H and O–H groups in total. The lowest BCUT2D eigenvalue weighted by Gasteiger charge is -2.31. The Morgan fingerprint density at radius 2 is 2.14 bits per heavy atom. The van der Waals surface area contributed by atoms with Crippen molar-refractivity contribution in [3.8, 4) is 0 Å². The number of carboxylic acid groups (broad SMARTS) is 1. The largest absolute Gasteiger partial charge is 0.481 e. The van der Waals surface area contributed by atoms with Crippen molar-refractivity contribution in [3.63, 3.8) is 0 Å². The SMILES string of the molecule is C/C=C(F)\C=C/CN1/C(CCCCC(=O)O)=N\C/C=C(C/N=C(\ON)c2ccncc2)\C=C/CC1C.